The highest BCUT2D eigenvalue weighted by Crippen LogP contribution is 2.18. The van der Waals surface area contributed by atoms with Crippen LogP contribution in [0.25, 0.3) is 0 Å². The predicted molar refractivity (Wildman–Crippen MR) is 278 cm³/mol. The van der Waals surface area contributed by atoms with E-state index in [0.717, 1.165) is 51.4 Å². The first kappa shape index (κ1) is 62.3. The lowest BCUT2D eigenvalue weighted by Crippen LogP contribution is -2.46. The van der Waals surface area contributed by atoms with E-state index in [4.69, 9.17) is 4.74 Å². The molecule has 378 valence electrons. The Bertz CT molecular complexity index is 1010. The van der Waals surface area contributed by atoms with Crippen molar-refractivity contribution in [3.05, 3.63) is 24.3 Å². The maximum Gasteiger partial charge on any atom is 0.306 e. The van der Waals surface area contributed by atoms with Gasteiger partial charge in [0.05, 0.1) is 25.2 Å². The number of rotatable bonds is 52. The molecule has 0 heterocycles. The van der Waals surface area contributed by atoms with E-state index < -0.39 is 18.2 Å². The highest BCUT2D eigenvalue weighted by Gasteiger charge is 2.24. The van der Waals surface area contributed by atoms with Crippen LogP contribution in [0.5, 0.6) is 0 Å². The molecule has 0 rings (SSSR count). The summed E-state index contributed by atoms with van der Waals surface area (Å²) in [6.45, 7) is 6.50. The Balaban J connectivity index is 4.48. The normalized spacial score (nSPS) is 13.3. The second kappa shape index (κ2) is 52.3. The zero-order valence-corrected chi connectivity index (χ0v) is 43.2. The number of nitrogens with one attached hydrogen (secondary N) is 1. The van der Waals surface area contributed by atoms with Crippen molar-refractivity contribution in [2.75, 3.05) is 6.61 Å². The highest BCUT2D eigenvalue weighted by atomic mass is 16.5. The van der Waals surface area contributed by atoms with Gasteiger partial charge >= 0.3 is 5.97 Å². The van der Waals surface area contributed by atoms with Crippen molar-refractivity contribution < 1.29 is 24.5 Å². The quantitative estimate of drug-likeness (QED) is 0.0321. The molecule has 0 saturated carbocycles. The number of aliphatic hydroxyl groups excluding tert-OH is 2. The second-order valence-electron chi connectivity index (χ2n) is 19.7. The molecule has 0 aromatic heterocycles. The molecule has 1 amide bonds. The van der Waals surface area contributed by atoms with Crippen LogP contribution in [-0.4, -0.2) is 46.9 Å². The molecule has 0 spiro atoms. The lowest BCUT2D eigenvalue weighted by molar-refractivity contribution is -0.151. The van der Waals surface area contributed by atoms with Gasteiger partial charge in [-0.2, -0.15) is 0 Å². The zero-order chi connectivity index (χ0) is 46.7. The fourth-order valence-electron chi connectivity index (χ4n) is 8.90. The third-order valence-corrected chi connectivity index (χ3v) is 13.3. The number of unbranched alkanes of at least 4 members (excludes halogenated alkanes) is 36. The van der Waals surface area contributed by atoms with Crippen LogP contribution in [0.15, 0.2) is 24.3 Å². The highest BCUT2D eigenvalue weighted by molar-refractivity contribution is 5.77. The number of ether oxygens (including phenoxy) is 1. The lowest BCUT2D eigenvalue weighted by atomic mass is 10.0. The topological polar surface area (TPSA) is 95.9 Å². The Morgan fingerprint density at radius 1 is 0.438 bits per heavy atom. The largest absolute Gasteiger partial charge is 0.462 e. The number of hydrogen-bond acceptors (Lipinski definition) is 5. The summed E-state index contributed by atoms with van der Waals surface area (Å²) in [5.41, 5.74) is 0. The summed E-state index contributed by atoms with van der Waals surface area (Å²) < 4.78 is 5.94. The maximum absolute atomic E-state index is 13.2. The average Bonchev–Trinajstić information content (AvgIpc) is 3.29. The van der Waals surface area contributed by atoms with Gasteiger partial charge < -0.3 is 20.3 Å². The molecule has 3 unspecified atom stereocenters. The Hall–Kier alpha value is -1.66. The van der Waals surface area contributed by atoms with Crippen molar-refractivity contribution in [2.24, 2.45) is 0 Å². The second-order valence-corrected chi connectivity index (χ2v) is 19.7. The third-order valence-electron chi connectivity index (χ3n) is 13.3. The van der Waals surface area contributed by atoms with Gasteiger partial charge in [-0.05, 0) is 70.6 Å². The van der Waals surface area contributed by atoms with Crippen LogP contribution in [0, 0.1) is 0 Å². The van der Waals surface area contributed by atoms with E-state index in [1.54, 1.807) is 0 Å². The van der Waals surface area contributed by atoms with Crippen LogP contribution in [0.2, 0.25) is 0 Å². The van der Waals surface area contributed by atoms with Crippen LogP contribution >= 0.6 is 0 Å². The summed E-state index contributed by atoms with van der Waals surface area (Å²) >= 11 is 0. The van der Waals surface area contributed by atoms with E-state index in [-0.39, 0.29) is 24.9 Å². The summed E-state index contributed by atoms with van der Waals surface area (Å²) in [5.74, 6) is -0.490. The minimum Gasteiger partial charge on any atom is -0.462 e. The summed E-state index contributed by atoms with van der Waals surface area (Å²) in [6, 6.07) is -0.706. The van der Waals surface area contributed by atoms with Crippen molar-refractivity contribution in [1.82, 2.24) is 5.32 Å². The lowest BCUT2D eigenvalue weighted by Gasteiger charge is -2.24. The summed E-state index contributed by atoms with van der Waals surface area (Å²) in [7, 11) is 0. The number of aliphatic hydroxyl groups is 2. The van der Waals surface area contributed by atoms with Gasteiger partial charge in [-0.1, -0.05) is 251 Å². The molecule has 0 fully saturated rings. The van der Waals surface area contributed by atoms with Crippen molar-refractivity contribution in [3.8, 4) is 0 Å². The van der Waals surface area contributed by atoms with Gasteiger partial charge in [0.1, 0.15) is 6.10 Å². The number of esters is 1. The molecule has 0 aliphatic carbocycles. The first-order valence-electron chi connectivity index (χ1n) is 28.6. The van der Waals surface area contributed by atoms with E-state index in [1.165, 1.54) is 212 Å². The molecule has 0 aliphatic heterocycles. The molecule has 0 aromatic carbocycles. The predicted octanol–water partition coefficient (Wildman–Crippen LogP) is 17.5. The van der Waals surface area contributed by atoms with E-state index in [2.05, 4.69) is 50.4 Å². The zero-order valence-electron chi connectivity index (χ0n) is 43.2. The molecule has 6 nitrogen and oxygen atoms in total. The van der Waals surface area contributed by atoms with Gasteiger partial charge in [0, 0.05) is 6.42 Å². The molecular formula is C58H111NO5. The van der Waals surface area contributed by atoms with Crippen LogP contribution in [0.1, 0.15) is 310 Å². The molecule has 0 aromatic rings. The Labute approximate surface area is 399 Å². The molecule has 0 aliphatic rings. The number of carbonyl (C=O) groups excluding carboxylic acids is 2. The van der Waals surface area contributed by atoms with E-state index >= 15 is 0 Å². The standard InChI is InChI=1S/C58H111NO5/c1-4-7-10-13-16-19-22-25-27-28-29-30-31-33-36-39-42-45-48-51-58(63)64-54(49-46-43-40-37-34-24-21-18-15-12-9-6-3)52-57(62)59-55(53-60)56(61)50-47-44-41-38-35-32-26-23-20-17-14-11-8-5-2/h25,27,37,40,54-56,60-61H,4-24,26,28-36,38-39,41-53H2,1-3H3,(H,59,62)/b27-25+,40-37-. The molecule has 0 radical (unpaired) electrons. The Morgan fingerprint density at radius 2 is 0.766 bits per heavy atom. The van der Waals surface area contributed by atoms with Crippen molar-refractivity contribution in [3.63, 3.8) is 0 Å². The van der Waals surface area contributed by atoms with Gasteiger partial charge in [-0.15, -0.1) is 0 Å². The van der Waals surface area contributed by atoms with Crippen LogP contribution < -0.4 is 5.32 Å². The first-order chi connectivity index (χ1) is 31.5. The summed E-state index contributed by atoms with van der Waals surface area (Å²) in [5, 5.41) is 23.8. The summed E-state index contributed by atoms with van der Waals surface area (Å²) in [6.07, 6.45) is 61.1. The molecule has 64 heavy (non-hydrogen) atoms. The van der Waals surface area contributed by atoms with Gasteiger partial charge in [0.25, 0.3) is 0 Å². The summed E-state index contributed by atoms with van der Waals surface area (Å²) in [4.78, 5) is 26.2. The van der Waals surface area contributed by atoms with Gasteiger partial charge in [-0.25, -0.2) is 0 Å². The first-order valence-corrected chi connectivity index (χ1v) is 28.6. The maximum atomic E-state index is 13.2. The Kier molecular flexibility index (Phi) is 51.0. The monoisotopic (exact) mass is 902 g/mol. The molecular weight excluding hydrogens is 791 g/mol. The minimum absolute atomic E-state index is 0.0606. The molecule has 3 N–H and O–H groups in total. The Morgan fingerprint density at radius 3 is 1.14 bits per heavy atom. The number of hydrogen-bond donors (Lipinski definition) is 3. The molecule has 3 atom stereocenters. The van der Waals surface area contributed by atoms with Crippen LogP contribution in [-0.2, 0) is 14.3 Å². The smallest absolute Gasteiger partial charge is 0.306 e. The van der Waals surface area contributed by atoms with E-state index in [1.807, 2.05) is 0 Å². The van der Waals surface area contributed by atoms with Crippen molar-refractivity contribution >= 4 is 11.9 Å². The van der Waals surface area contributed by atoms with Crippen molar-refractivity contribution in [2.45, 2.75) is 328 Å². The number of allylic oxidation sites excluding steroid dienone is 4. The third kappa shape index (κ3) is 46.9. The van der Waals surface area contributed by atoms with E-state index in [0.29, 0.717) is 19.3 Å². The van der Waals surface area contributed by atoms with Crippen LogP contribution in [0.3, 0.4) is 0 Å². The van der Waals surface area contributed by atoms with Gasteiger partial charge in [-0.3, -0.25) is 9.59 Å². The van der Waals surface area contributed by atoms with Gasteiger partial charge in [0.2, 0.25) is 5.91 Å². The van der Waals surface area contributed by atoms with Gasteiger partial charge in [0.15, 0.2) is 0 Å². The van der Waals surface area contributed by atoms with Crippen molar-refractivity contribution in [1.29, 1.82) is 0 Å². The molecule has 0 saturated heterocycles. The fraction of sp³-hybridized carbons (Fsp3) is 0.897. The molecule has 6 heteroatoms. The van der Waals surface area contributed by atoms with E-state index in [9.17, 15) is 19.8 Å². The molecule has 0 bridgehead atoms. The van der Waals surface area contributed by atoms with Crippen LogP contribution in [0.4, 0.5) is 0 Å². The number of carbonyl (C=O) groups is 2. The average molecular weight is 903 g/mol. The SMILES string of the molecule is CCCCCCCC/C=C/CCCCCCCCCCCC(=O)OC(CCC/C=C\CCCCCCCCC)CC(=O)NC(CO)C(O)CCCCCCCCCCCCCCCC. The minimum atomic E-state index is -0.791. The number of amides is 1. The fourth-order valence-corrected chi connectivity index (χ4v) is 8.90.